The summed E-state index contributed by atoms with van der Waals surface area (Å²) < 4.78 is 0. The molecule has 0 unspecified atom stereocenters. The Kier molecular flexibility index (Phi) is 5.70. The number of halogens is 3. The molecule has 0 bridgehead atoms. The molecule has 1 aromatic carbocycles. The number of nitrogens with zero attached hydrogens (tertiary/aromatic N) is 2. The van der Waals surface area contributed by atoms with Gasteiger partial charge in [0.1, 0.15) is 11.0 Å². The molecule has 21 heavy (non-hydrogen) atoms. The zero-order chi connectivity index (χ0) is 15.4. The molecule has 0 spiro atoms. The van der Waals surface area contributed by atoms with Crippen molar-refractivity contribution in [1.82, 2.24) is 9.97 Å². The Hall–Kier alpha value is -1.01. The van der Waals surface area contributed by atoms with E-state index >= 15 is 0 Å². The smallest absolute Gasteiger partial charge is 0.190 e. The lowest BCUT2D eigenvalue weighted by Crippen LogP contribution is -2.07. The molecule has 4 nitrogen and oxygen atoms in total. The van der Waals surface area contributed by atoms with Gasteiger partial charge in [-0.1, -0.05) is 52.6 Å². The maximum atomic E-state index is 11.1. The molecule has 1 aromatic heterocycles. The zero-order valence-electron chi connectivity index (χ0n) is 10.9. The fourth-order valence-corrected chi connectivity index (χ4v) is 2.70. The summed E-state index contributed by atoms with van der Waals surface area (Å²) in [6.45, 7) is 0.387. The Morgan fingerprint density at radius 2 is 2.05 bits per heavy atom. The molecule has 1 heterocycles. The summed E-state index contributed by atoms with van der Waals surface area (Å²) in [5.41, 5.74) is 1.05. The second kappa shape index (κ2) is 7.31. The van der Waals surface area contributed by atoms with Crippen LogP contribution >= 0.6 is 46.6 Å². The molecule has 0 amide bonds. The van der Waals surface area contributed by atoms with E-state index in [1.807, 2.05) is 6.26 Å². The SMILES string of the molecule is CSc1nc(Cl)c(C=O)c(NCc2ccc(Cl)cc2Cl)n1. The van der Waals surface area contributed by atoms with Crippen molar-refractivity contribution in [1.29, 1.82) is 0 Å². The van der Waals surface area contributed by atoms with Crippen LogP contribution in [0, 0.1) is 0 Å². The quantitative estimate of drug-likeness (QED) is 0.365. The fraction of sp³-hybridized carbons (Fsp3) is 0.154. The van der Waals surface area contributed by atoms with Crippen LogP contribution in [0.5, 0.6) is 0 Å². The summed E-state index contributed by atoms with van der Waals surface area (Å²) in [5, 5.41) is 4.75. The minimum Gasteiger partial charge on any atom is -0.365 e. The van der Waals surface area contributed by atoms with E-state index in [2.05, 4.69) is 15.3 Å². The highest BCUT2D eigenvalue weighted by Crippen LogP contribution is 2.25. The Morgan fingerprint density at radius 3 is 2.67 bits per heavy atom. The molecule has 2 aromatic rings. The van der Waals surface area contributed by atoms with Crippen LogP contribution in [-0.2, 0) is 6.54 Å². The second-order valence-corrected chi connectivity index (χ2v) is 5.95. The molecular formula is C13H10Cl3N3OS. The van der Waals surface area contributed by atoms with Crippen molar-refractivity contribution < 1.29 is 4.79 Å². The van der Waals surface area contributed by atoms with Crippen LogP contribution in [0.3, 0.4) is 0 Å². The third-order valence-electron chi connectivity index (χ3n) is 2.64. The molecule has 0 aliphatic carbocycles. The van der Waals surface area contributed by atoms with Crippen LogP contribution in [0.15, 0.2) is 23.4 Å². The number of nitrogens with one attached hydrogen (secondary N) is 1. The van der Waals surface area contributed by atoms with Crippen LogP contribution in [0.25, 0.3) is 0 Å². The normalized spacial score (nSPS) is 10.5. The van der Waals surface area contributed by atoms with E-state index in [0.717, 1.165) is 5.56 Å². The lowest BCUT2D eigenvalue weighted by molar-refractivity contribution is 0.112. The van der Waals surface area contributed by atoms with Crippen molar-refractivity contribution in [2.75, 3.05) is 11.6 Å². The average molecular weight is 363 g/mol. The second-order valence-electron chi connectivity index (χ2n) is 3.97. The molecule has 0 fully saturated rings. The van der Waals surface area contributed by atoms with Crippen molar-refractivity contribution in [3.05, 3.63) is 44.5 Å². The molecule has 0 saturated heterocycles. The number of hydrogen-bond acceptors (Lipinski definition) is 5. The summed E-state index contributed by atoms with van der Waals surface area (Å²) in [4.78, 5) is 19.4. The van der Waals surface area contributed by atoms with E-state index in [4.69, 9.17) is 34.8 Å². The molecule has 0 atom stereocenters. The van der Waals surface area contributed by atoms with Gasteiger partial charge >= 0.3 is 0 Å². The number of carbonyl (C=O) groups excluding carboxylic acids is 1. The lowest BCUT2D eigenvalue weighted by atomic mass is 10.2. The molecule has 2 rings (SSSR count). The van der Waals surface area contributed by atoms with Gasteiger partial charge in [0.2, 0.25) is 0 Å². The number of thioether (sulfide) groups is 1. The predicted molar refractivity (Wildman–Crippen MR) is 88.0 cm³/mol. The van der Waals surface area contributed by atoms with Gasteiger partial charge in [0.15, 0.2) is 11.4 Å². The highest BCUT2D eigenvalue weighted by atomic mass is 35.5. The molecule has 0 radical (unpaired) electrons. The van der Waals surface area contributed by atoms with Gasteiger partial charge in [-0.05, 0) is 24.0 Å². The van der Waals surface area contributed by atoms with E-state index in [1.165, 1.54) is 11.8 Å². The largest absolute Gasteiger partial charge is 0.365 e. The molecule has 8 heteroatoms. The van der Waals surface area contributed by atoms with Gasteiger partial charge in [-0.15, -0.1) is 0 Å². The molecule has 110 valence electrons. The Bertz CT molecular complexity index is 682. The average Bonchev–Trinajstić information content (AvgIpc) is 2.45. The maximum absolute atomic E-state index is 11.1. The van der Waals surface area contributed by atoms with Gasteiger partial charge < -0.3 is 5.32 Å². The Morgan fingerprint density at radius 1 is 1.29 bits per heavy atom. The van der Waals surface area contributed by atoms with E-state index in [1.54, 1.807) is 18.2 Å². The number of carbonyl (C=O) groups is 1. The number of aldehydes is 1. The van der Waals surface area contributed by atoms with Crippen molar-refractivity contribution in [2.45, 2.75) is 11.7 Å². The minimum atomic E-state index is 0.119. The van der Waals surface area contributed by atoms with Crippen molar-refractivity contribution in [2.24, 2.45) is 0 Å². The van der Waals surface area contributed by atoms with Crippen LogP contribution in [0.1, 0.15) is 15.9 Å². The summed E-state index contributed by atoms with van der Waals surface area (Å²) in [6, 6.07) is 5.20. The van der Waals surface area contributed by atoms with Gasteiger partial charge in [0, 0.05) is 16.6 Å². The minimum absolute atomic E-state index is 0.119. The monoisotopic (exact) mass is 361 g/mol. The third kappa shape index (κ3) is 4.01. The van der Waals surface area contributed by atoms with Gasteiger partial charge in [-0.3, -0.25) is 4.79 Å². The van der Waals surface area contributed by atoms with E-state index < -0.39 is 0 Å². The molecule has 0 saturated carbocycles. The van der Waals surface area contributed by atoms with E-state index in [9.17, 15) is 4.79 Å². The topological polar surface area (TPSA) is 54.9 Å². The van der Waals surface area contributed by atoms with Crippen LogP contribution in [-0.4, -0.2) is 22.5 Å². The predicted octanol–water partition coefficient (Wildman–Crippen LogP) is 4.58. The van der Waals surface area contributed by atoms with Crippen molar-refractivity contribution in [3.63, 3.8) is 0 Å². The summed E-state index contributed by atoms with van der Waals surface area (Å²) in [6.07, 6.45) is 2.45. The number of hydrogen-bond donors (Lipinski definition) is 1. The summed E-state index contributed by atoms with van der Waals surface area (Å²) >= 11 is 19.3. The van der Waals surface area contributed by atoms with Gasteiger partial charge in [0.25, 0.3) is 0 Å². The molecular weight excluding hydrogens is 353 g/mol. The van der Waals surface area contributed by atoms with Gasteiger partial charge in [-0.2, -0.15) is 0 Å². The maximum Gasteiger partial charge on any atom is 0.190 e. The zero-order valence-corrected chi connectivity index (χ0v) is 13.9. The first-order valence-electron chi connectivity index (χ1n) is 5.79. The van der Waals surface area contributed by atoms with E-state index in [-0.39, 0.29) is 10.7 Å². The number of rotatable bonds is 5. The summed E-state index contributed by atoms with van der Waals surface area (Å²) in [7, 11) is 0. The van der Waals surface area contributed by atoms with Crippen LogP contribution in [0.4, 0.5) is 5.82 Å². The third-order valence-corrected chi connectivity index (χ3v) is 4.06. The molecule has 1 N–H and O–H groups in total. The van der Waals surface area contributed by atoms with Crippen molar-refractivity contribution in [3.8, 4) is 0 Å². The van der Waals surface area contributed by atoms with E-state index in [0.29, 0.717) is 33.9 Å². The van der Waals surface area contributed by atoms with Crippen molar-refractivity contribution >= 4 is 58.7 Å². The Labute approximate surface area is 141 Å². The number of benzene rings is 1. The highest BCUT2D eigenvalue weighted by Gasteiger charge is 2.12. The molecule has 0 aliphatic heterocycles. The Balaban J connectivity index is 2.26. The first-order valence-corrected chi connectivity index (χ1v) is 8.15. The van der Waals surface area contributed by atoms with Crippen LogP contribution in [0.2, 0.25) is 15.2 Å². The first kappa shape index (κ1) is 16.4. The lowest BCUT2D eigenvalue weighted by Gasteiger charge is -2.11. The first-order chi connectivity index (χ1) is 10.0. The van der Waals surface area contributed by atoms with Gasteiger partial charge in [-0.25, -0.2) is 9.97 Å². The van der Waals surface area contributed by atoms with Crippen LogP contribution < -0.4 is 5.32 Å². The van der Waals surface area contributed by atoms with Gasteiger partial charge in [0.05, 0.1) is 5.56 Å². The number of anilines is 1. The molecule has 0 aliphatic rings. The highest BCUT2D eigenvalue weighted by molar-refractivity contribution is 7.98. The fourth-order valence-electron chi connectivity index (χ4n) is 1.60. The number of aromatic nitrogens is 2. The standard InChI is InChI=1S/C13H10Cl3N3OS/c1-21-13-18-11(16)9(6-20)12(19-13)17-5-7-2-3-8(14)4-10(7)15/h2-4,6H,5H2,1H3,(H,17,18,19). The summed E-state index contributed by atoms with van der Waals surface area (Å²) in [5.74, 6) is 0.375.